The number of ether oxygens (including phenoxy) is 3. The summed E-state index contributed by atoms with van der Waals surface area (Å²) in [7, 11) is 1.36. The lowest BCUT2D eigenvalue weighted by atomic mass is 10.0. The molecule has 1 fully saturated rings. The number of carbonyl (C=O) groups is 1. The fourth-order valence-corrected chi connectivity index (χ4v) is 4.36. The van der Waals surface area contributed by atoms with Gasteiger partial charge in [-0.3, -0.25) is 4.90 Å². The zero-order chi connectivity index (χ0) is 24.1. The van der Waals surface area contributed by atoms with Gasteiger partial charge in [-0.05, 0) is 62.6 Å². The zero-order valence-corrected chi connectivity index (χ0v) is 20.5. The Morgan fingerprint density at radius 2 is 1.82 bits per heavy atom. The Morgan fingerprint density at radius 3 is 2.44 bits per heavy atom. The van der Waals surface area contributed by atoms with E-state index in [1.54, 1.807) is 18.2 Å². The van der Waals surface area contributed by atoms with Gasteiger partial charge in [-0.25, -0.2) is 4.79 Å². The molecule has 1 aliphatic rings. The summed E-state index contributed by atoms with van der Waals surface area (Å²) in [5, 5.41) is 3.92. The molecule has 0 unspecified atom stereocenters. The number of likely N-dealkylation sites (tertiary alicyclic amines) is 1. The monoisotopic (exact) mass is 487 g/mol. The lowest BCUT2D eigenvalue weighted by molar-refractivity contribution is 0.0601. The molecule has 1 aliphatic heterocycles. The summed E-state index contributed by atoms with van der Waals surface area (Å²) >= 11 is 6.43. The number of fused-ring (bicyclic) bond motifs is 1. The van der Waals surface area contributed by atoms with Crippen molar-refractivity contribution in [2.45, 2.75) is 39.3 Å². The van der Waals surface area contributed by atoms with Gasteiger partial charge in [-0.1, -0.05) is 11.6 Å². The number of benzene rings is 2. The van der Waals surface area contributed by atoms with E-state index in [2.05, 4.69) is 15.2 Å². The predicted molar refractivity (Wildman–Crippen MR) is 131 cm³/mol. The van der Waals surface area contributed by atoms with Crippen LogP contribution < -0.4 is 14.8 Å². The maximum Gasteiger partial charge on any atom is 0.337 e. The summed E-state index contributed by atoms with van der Waals surface area (Å²) in [5.41, 5.74) is 2.82. The summed E-state index contributed by atoms with van der Waals surface area (Å²) in [6.45, 7) is 7.63. The number of piperidine rings is 1. The van der Waals surface area contributed by atoms with Crippen molar-refractivity contribution in [1.29, 1.82) is 0 Å². The van der Waals surface area contributed by atoms with Gasteiger partial charge in [-0.15, -0.1) is 0 Å². The molecule has 0 aliphatic carbocycles. The van der Waals surface area contributed by atoms with Gasteiger partial charge in [-0.2, -0.15) is 4.98 Å². The van der Waals surface area contributed by atoms with Crippen molar-refractivity contribution in [2.75, 3.05) is 38.7 Å². The number of methoxy groups -OCH3 is 1. The van der Waals surface area contributed by atoms with E-state index in [0.717, 1.165) is 38.0 Å². The highest BCUT2D eigenvalue weighted by molar-refractivity contribution is 6.33. The highest BCUT2D eigenvalue weighted by atomic mass is 35.5. The van der Waals surface area contributed by atoms with Gasteiger partial charge < -0.3 is 23.9 Å². The Morgan fingerprint density at radius 1 is 1.15 bits per heavy atom. The standard InChI is InChI=1S/C25H30ClN3O5/c1-4-32-21-12-16(13-22(23(21)26)33-5-2)15-29-10-8-18(9-11-29)27-25-28-19-14-17(24(30)31-3)6-7-20(19)34-25/h6-7,12-14,18H,4-5,8-11,15H2,1-3H3,(H,27,28). The molecule has 4 rings (SSSR count). The Bertz CT molecular complexity index is 1110. The van der Waals surface area contributed by atoms with E-state index in [4.69, 9.17) is 30.2 Å². The third-order valence-corrected chi connectivity index (χ3v) is 6.17. The van der Waals surface area contributed by atoms with E-state index in [1.807, 2.05) is 26.0 Å². The first-order valence-electron chi connectivity index (χ1n) is 11.6. The lowest BCUT2D eigenvalue weighted by Gasteiger charge is -2.32. The molecule has 3 aromatic rings. The summed E-state index contributed by atoms with van der Waals surface area (Å²) in [4.78, 5) is 18.6. The molecule has 2 heterocycles. The predicted octanol–water partition coefficient (Wildman–Crippen LogP) is 5.14. The highest BCUT2D eigenvalue weighted by Crippen LogP contribution is 2.36. The number of nitrogens with zero attached hydrogens (tertiary/aromatic N) is 2. The Balaban J connectivity index is 1.36. The molecule has 0 radical (unpaired) electrons. The number of nitrogens with one attached hydrogen (secondary N) is 1. The second-order valence-corrected chi connectivity index (χ2v) is 8.54. The van der Waals surface area contributed by atoms with Gasteiger partial charge in [0.15, 0.2) is 5.58 Å². The molecule has 1 N–H and O–H groups in total. The van der Waals surface area contributed by atoms with Crippen molar-refractivity contribution in [3.63, 3.8) is 0 Å². The van der Waals surface area contributed by atoms with Crippen LogP contribution in [0, 0.1) is 0 Å². The summed E-state index contributed by atoms with van der Waals surface area (Å²) in [6.07, 6.45) is 1.91. The van der Waals surface area contributed by atoms with Crippen molar-refractivity contribution in [3.8, 4) is 11.5 Å². The first kappa shape index (κ1) is 24.2. The minimum absolute atomic E-state index is 0.257. The molecule has 0 amide bonds. The van der Waals surface area contributed by atoms with Gasteiger partial charge in [0.2, 0.25) is 0 Å². The van der Waals surface area contributed by atoms with Crippen molar-refractivity contribution in [2.24, 2.45) is 0 Å². The number of anilines is 1. The van der Waals surface area contributed by atoms with E-state index >= 15 is 0 Å². The average molecular weight is 488 g/mol. The molecule has 182 valence electrons. The summed E-state index contributed by atoms with van der Waals surface area (Å²) in [6, 6.07) is 9.81. The van der Waals surface area contributed by atoms with Crippen LogP contribution in [0.4, 0.5) is 6.01 Å². The summed E-state index contributed by atoms with van der Waals surface area (Å²) < 4.78 is 22.0. The van der Waals surface area contributed by atoms with Gasteiger partial charge in [0, 0.05) is 25.7 Å². The maximum atomic E-state index is 11.7. The van der Waals surface area contributed by atoms with Crippen LogP contribution in [-0.2, 0) is 11.3 Å². The molecular formula is C25H30ClN3O5. The average Bonchev–Trinajstić information content (AvgIpc) is 3.24. The Labute approximate surface area is 204 Å². The molecular weight excluding hydrogens is 458 g/mol. The molecule has 0 spiro atoms. The Kier molecular flexibility index (Phi) is 7.80. The molecule has 0 saturated carbocycles. The van der Waals surface area contributed by atoms with E-state index in [-0.39, 0.29) is 6.04 Å². The molecule has 8 nitrogen and oxygen atoms in total. The number of carbonyl (C=O) groups excluding carboxylic acids is 1. The van der Waals surface area contributed by atoms with Crippen LogP contribution in [0.2, 0.25) is 5.02 Å². The minimum atomic E-state index is -0.394. The molecule has 0 atom stereocenters. The number of hydrogen-bond donors (Lipinski definition) is 1. The fourth-order valence-electron chi connectivity index (χ4n) is 4.14. The first-order valence-corrected chi connectivity index (χ1v) is 11.9. The smallest absolute Gasteiger partial charge is 0.337 e. The van der Waals surface area contributed by atoms with Crippen molar-refractivity contribution in [1.82, 2.24) is 9.88 Å². The van der Waals surface area contributed by atoms with Crippen molar-refractivity contribution in [3.05, 3.63) is 46.5 Å². The van der Waals surface area contributed by atoms with E-state index in [9.17, 15) is 4.79 Å². The van der Waals surface area contributed by atoms with E-state index < -0.39 is 5.97 Å². The van der Waals surface area contributed by atoms with Crippen LogP contribution >= 0.6 is 11.6 Å². The number of oxazole rings is 1. The SMILES string of the molecule is CCOc1cc(CN2CCC(Nc3nc4cc(C(=O)OC)ccc4o3)CC2)cc(OCC)c1Cl. The second kappa shape index (κ2) is 11.0. The van der Waals surface area contributed by atoms with Crippen LogP contribution in [0.25, 0.3) is 11.1 Å². The third-order valence-electron chi connectivity index (χ3n) is 5.80. The van der Waals surface area contributed by atoms with Crippen LogP contribution in [0.5, 0.6) is 11.5 Å². The van der Waals surface area contributed by atoms with E-state index in [0.29, 0.717) is 52.4 Å². The number of aromatic nitrogens is 1. The van der Waals surface area contributed by atoms with Crippen molar-refractivity contribution >= 4 is 34.7 Å². The molecule has 9 heteroatoms. The second-order valence-electron chi connectivity index (χ2n) is 8.16. The van der Waals surface area contributed by atoms with Crippen LogP contribution in [0.1, 0.15) is 42.6 Å². The Hall–Kier alpha value is -2.97. The summed E-state index contributed by atoms with van der Waals surface area (Å²) in [5.74, 6) is 0.926. The van der Waals surface area contributed by atoms with E-state index in [1.165, 1.54) is 7.11 Å². The van der Waals surface area contributed by atoms with Crippen LogP contribution in [0.15, 0.2) is 34.7 Å². The number of halogens is 1. The zero-order valence-electron chi connectivity index (χ0n) is 19.7. The van der Waals surface area contributed by atoms with Gasteiger partial charge in [0.1, 0.15) is 22.0 Å². The topological polar surface area (TPSA) is 86.1 Å². The largest absolute Gasteiger partial charge is 0.492 e. The number of esters is 1. The van der Waals surface area contributed by atoms with Crippen LogP contribution in [-0.4, -0.2) is 55.3 Å². The van der Waals surface area contributed by atoms with Crippen molar-refractivity contribution < 1.29 is 23.4 Å². The maximum absolute atomic E-state index is 11.7. The van der Waals surface area contributed by atoms with Crippen LogP contribution in [0.3, 0.4) is 0 Å². The molecule has 2 aromatic carbocycles. The number of hydrogen-bond acceptors (Lipinski definition) is 8. The molecule has 34 heavy (non-hydrogen) atoms. The first-order chi connectivity index (χ1) is 16.5. The minimum Gasteiger partial charge on any atom is -0.492 e. The normalized spacial score (nSPS) is 14.8. The van der Waals surface area contributed by atoms with Gasteiger partial charge >= 0.3 is 5.97 Å². The quantitative estimate of drug-likeness (QED) is 0.415. The van der Waals surface area contributed by atoms with Gasteiger partial charge in [0.25, 0.3) is 6.01 Å². The number of rotatable bonds is 9. The fraction of sp³-hybridized carbons (Fsp3) is 0.440. The third kappa shape index (κ3) is 5.56. The molecule has 1 saturated heterocycles. The molecule has 1 aromatic heterocycles. The molecule has 0 bridgehead atoms. The lowest BCUT2D eigenvalue weighted by Crippen LogP contribution is -2.38. The van der Waals surface area contributed by atoms with Gasteiger partial charge in [0.05, 0.1) is 25.9 Å². The highest BCUT2D eigenvalue weighted by Gasteiger charge is 2.22.